The second-order valence-corrected chi connectivity index (χ2v) is 5.89. The summed E-state index contributed by atoms with van der Waals surface area (Å²) in [5, 5.41) is -0.649. The van der Waals surface area contributed by atoms with Crippen LogP contribution in [0, 0.1) is 6.92 Å². The van der Waals surface area contributed by atoms with Gasteiger partial charge in [0.15, 0.2) is 5.78 Å². The lowest BCUT2D eigenvalue weighted by atomic mass is 9.94. The number of benzene rings is 3. The first-order valence-electron chi connectivity index (χ1n) is 7.73. The molecule has 0 heterocycles. The van der Waals surface area contributed by atoms with E-state index in [4.69, 9.17) is 16.3 Å². The van der Waals surface area contributed by atoms with Crippen LogP contribution in [0.25, 0.3) is 0 Å². The number of aryl methyl sites for hydroxylation is 1. The molecule has 0 aliphatic heterocycles. The number of carbonyl (C=O) groups excluding carboxylic acids is 2. The summed E-state index contributed by atoms with van der Waals surface area (Å²) in [5.41, 5.74) is 1.66. The van der Waals surface area contributed by atoms with Crippen LogP contribution in [0.1, 0.15) is 31.8 Å². The van der Waals surface area contributed by atoms with Crippen LogP contribution in [-0.2, 0) is 0 Å². The maximum Gasteiger partial charge on any atom is 0.253 e. The fourth-order valence-electron chi connectivity index (χ4n) is 2.60. The minimum Gasteiger partial charge on any atom is -0.457 e. The van der Waals surface area contributed by atoms with Gasteiger partial charge in [-0.05, 0) is 54.4 Å². The summed E-state index contributed by atoms with van der Waals surface area (Å²) < 4.78 is 5.77. The summed E-state index contributed by atoms with van der Waals surface area (Å²) in [7, 11) is 0. The molecule has 0 bridgehead atoms. The van der Waals surface area contributed by atoms with Gasteiger partial charge in [0, 0.05) is 16.7 Å². The van der Waals surface area contributed by atoms with Crippen LogP contribution in [0.3, 0.4) is 0 Å². The van der Waals surface area contributed by atoms with Gasteiger partial charge in [-0.2, -0.15) is 0 Å². The van der Waals surface area contributed by atoms with Crippen LogP contribution in [0.15, 0.2) is 72.8 Å². The zero-order valence-corrected chi connectivity index (χ0v) is 14.3. The Morgan fingerprint density at radius 1 is 0.840 bits per heavy atom. The van der Waals surface area contributed by atoms with E-state index in [2.05, 4.69) is 0 Å². The van der Waals surface area contributed by atoms with Crippen molar-refractivity contribution in [1.82, 2.24) is 0 Å². The summed E-state index contributed by atoms with van der Waals surface area (Å²) in [6, 6.07) is 21.2. The van der Waals surface area contributed by atoms with Crippen molar-refractivity contribution in [1.29, 1.82) is 0 Å². The lowest BCUT2D eigenvalue weighted by Crippen LogP contribution is -2.09. The van der Waals surface area contributed by atoms with Crippen molar-refractivity contribution < 1.29 is 14.3 Å². The first-order valence-corrected chi connectivity index (χ1v) is 8.11. The van der Waals surface area contributed by atoms with Gasteiger partial charge in [0.2, 0.25) is 0 Å². The normalized spacial score (nSPS) is 10.3. The van der Waals surface area contributed by atoms with Crippen molar-refractivity contribution in [2.24, 2.45) is 0 Å². The zero-order chi connectivity index (χ0) is 17.8. The van der Waals surface area contributed by atoms with E-state index < -0.39 is 5.24 Å². The van der Waals surface area contributed by atoms with Crippen LogP contribution in [0.5, 0.6) is 11.5 Å². The summed E-state index contributed by atoms with van der Waals surface area (Å²) in [6.45, 7) is 1.78. The summed E-state index contributed by atoms with van der Waals surface area (Å²) in [5.74, 6) is 0.963. The fourth-order valence-corrected chi connectivity index (χ4v) is 2.76. The van der Waals surface area contributed by atoms with E-state index in [9.17, 15) is 9.59 Å². The van der Waals surface area contributed by atoms with E-state index in [-0.39, 0.29) is 11.3 Å². The second kappa shape index (κ2) is 7.32. The number of para-hydroxylation sites is 1. The van der Waals surface area contributed by atoms with E-state index in [1.165, 1.54) is 0 Å². The average Bonchev–Trinajstić information content (AvgIpc) is 2.62. The van der Waals surface area contributed by atoms with Gasteiger partial charge in [-0.1, -0.05) is 42.5 Å². The van der Waals surface area contributed by atoms with Crippen molar-refractivity contribution >= 4 is 22.6 Å². The molecule has 0 aliphatic rings. The monoisotopic (exact) mass is 350 g/mol. The van der Waals surface area contributed by atoms with Gasteiger partial charge in [0.25, 0.3) is 5.24 Å². The highest BCUT2D eigenvalue weighted by Crippen LogP contribution is 2.25. The maximum atomic E-state index is 12.9. The number of carbonyl (C=O) groups is 2. The molecule has 0 atom stereocenters. The SMILES string of the molecule is Cc1cccc(C(=O)Cl)c1C(=O)c1cccc(Oc2ccccc2)c1. The highest BCUT2D eigenvalue weighted by Gasteiger charge is 2.19. The summed E-state index contributed by atoms with van der Waals surface area (Å²) >= 11 is 5.63. The molecule has 3 nitrogen and oxygen atoms in total. The highest BCUT2D eigenvalue weighted by atomic mass is 35.5. The minimum atomic E-state index is -0.649. The number of hydrogen-bond donors (Lipinski definition) is 0. The van der Waals surface area contributed by atoms with Gasteiger partial charge in [-0.3, -0.25) is 9.59 Å². The Bertz CT molecular complexity index is 933. The van der Waals surface area contributed by atoms with Gasteiger partial charge in [-0.25, -0.2) is 0 Å². The first-order chi connectivity index (χ1) is 12.1. The van der Waals surface area contributed by atoms with Crippen molar-refractivity contribution in [2.45, 2.75) is 6.92 Å². The van der Waals surface area contributed by atoms with Crippen molar-refractivity contribution in [2.75, 3.05) is 0 Å². The van der Waals surface area contributed by atoms with E-state index in [0.29, 0.717) is 28.2 Å². The molecule has 0 unspecified atom stereocenters. The Labute approximate surface area is 150 Å². The van der Waals surface area contributed by atoms with Crippen LogP contribution in [-0.4, -0.2) is 11.0 Å². The number of hydrogen-bond acceptors (Lipinski definition) is 3. The molecule has 0 saturated heterocycles. The topological polar surface area (TPSA) is 43.4 Å². The fraction of sp³-hybridized carbons (Fsp3) is 0.0476. The molecule has 0 aromatic heterocycles. The molecule has 0 spiro atoms. The predicted octanol–water partition coefficient (Wildman–Crippen LogP) is 5.40. The predicted molar refractivity (Wildman–Crippen MR) is 97.8 cm³/mol. The van der Waals surface area contributed by atoms with Crippen LogP contribution >= 0.6 is 11.6 Å². The van der Waals surface area contributed by atoms with E-state index >= 15 is 0 Å². The minimum absolute atomic E-state index is 0.209. The molecular formula is C21H15ClO3. The molecule has 124 valence electrons. The largest absolute Gasteiger partial charge is 0.457 e. The van der Waals surface area contributed by atoms with Gasteiger partial charge in [0.05, 0.1) is 0 Å². The third-order valence-corrected chi connectivity index (χ3v) is 3.99. The molecule has 0 aliphatic carbocycles. The zero-order valence-electron chi connectivity index (χ0n) is 13.5. The van der Waals surface area contributed by atoms with Crippen molar-refractivity contribution in [3.05, 3.63) is 95.1 Å². The molecule has 0 fully saturated rings. The molecule has 4 heteroatoms. The number of ketones is 1. The van der Waals surface area contributed by atoms with E-state index in [1.54, 1.807) is 49.4 Å². The van der Waals surface area contributed by atoms with E-state index in [1.807, 2.05) is 30.3 Å². The van der Waals surface area contributed by atoms with Gasteiger partial charge in [0.1, 0.15) is 11.5 Å². The molecule has 0 saturated carbocycles. The first kappa shape index (κ1) is 16.9. The lowest BCUT2D eigenvalue weighted by molar-refractivity contribution is 0.102. The molecule has 3 aromatic carbocycles. The molecule has 3 rings (SSSR count). The molecular weight excluding hydrogens is 336 g/mol. The molecule has 0 radical (unpaired) electrons. The van der Waals surface area contributed by atoms with Gasteiger partial charge >= 0.3 is 0 Å². The Morgan fingerprint density at radius 3 is 2.24 bits per heavy atom. The average molecular weight is 351 g/mol. The lowest BCUT2D eigenvalue weighted by Gasteiger charge is -2.11. The van der Waals surface area contributed by atoms with Crippen LogP contribution in [0.4, 0.5) is 0 Å². The Balaban J connectivity index is 1.97. The quantitative estimate of drug-likeness (QED) is 0.457. The van der Waals surface area contributed by atoms with Crippen LogP contribution in [0.2, 0.25) is 0 Å². The molecule has 25 heavy (non-hydrogen) atoms. The Morgan fingerprint density at radius 2 is 1.52 bits per heavy atom. The van der Waals surface area contributed by atoms with Crippen molar-refractivity contribution in [3.8, 4) is 11.5 Å². The van der Waals surface area contributed by atoms with Gasteiger partial charge < -0.3 is 4.74 Å². The summed E-state index contributed by atoms with van der Waals surface area (Å²) in [4.78, 5) is 24.6. The highest BCUT2D eigenvalue weighted by molar-refractivity contribution is 6.68. The maximum absolute atomic E-state index is 12.9. The summed E-state index contributed by atoms with van der Waals surface area (Å²) in [6.07, 6.45) is 0. The smallest absolute Gasteiger partial charge is 0.253 e. The molecule has 0 N–H and O–H groups in total. The third kappa shape index (κ3) is 3.78. The van der Waals surface area contributed by atoms with Gasteiger partial charge in [-0.15, -0.1) is 0 Å². The second-order valence-electron chi connectivity index (χ2n) is 5.54. The third-order valence-electron chi connectivity index (χ3n) is 3.79. The number of rotatable bonds is 5. The molecule has 3 aromatic rings. The van der Waals surface area contributed by atoms with E-state index in [0.717, 1.165) is 0 Å². The van der Waals surface area contributed by atoms with Crippen molar-refractivity contribution in [3.63, 3.8) is 0 Å². The Kier molecular flexibility index (Phi) is 4.96. The Hall–Kier alpha value is -2.91. The number of ether oxygens (including phenoxy) is 1. The number of halogens is 1. The van der Waals surface area contributed by atoms with Crippen LogP contribution < -0.4 is 4.74 Å². The molecule has 0 amide bonds. The standard InChI is InChI=1S/C21H15ClO3/c1-14-7-5-12-18(21(22)24)19(14)20(23)15-8-6-11-17(13-15)25-16-9-3-2-4-10-16/h2-13H,1H3.